The minimum absolute atomic E-state index is 0.110. The van der Waals surface area contributed by atoms with Gasteiger partial charge in [0.1, 0.15) is 5.69 Å². The van der Waals surface area contributed by atoms with Gasteiger partial charge in [0.2, 0.25) is 0 Å². The van der Waals surface area contributed by atoms with Crippen LogP contribution in [0.5, 0.6) is 0 Å². The SMILES string of the molecule is C=CCn1nnc(CO)c1-c1ccccc1C. The standard InChI is InChI=1S/C13H15N3O/c1-3-8-16-13(12(9-17)14-15-16)11-7-5-4-6-10(11)2/h3-7,17H,1,8-9H2,2H3. The molecule has 2 rings (SSSR count). The van der Waals surface area contributed by atoms with Crippen molar-refractivity contribution in [2.45, 2.75) is 20.1 Å². The van der Waals surface area contributed by atoms with Crippen LogP contribution >= 0.6 is 0 Å². The molecule has 0 atom stereocenters. The first-order valence-corrected chi connectivity index (χ1v) is 5.48. The van der Waals surface area contributed by atoms with Crippen LogP contribution in [0.4, 0.5) is 0 Å². The Hall–Kier alpha value is -1.94. The topological polar surface area (TPSA) is 50.9 Å². The molecule has 0 radical (unpaired) electrons. The number of benzene rings is 1. The molecule has 0 saturated heterocycles. The van der Waals surface area contributed by atoms with Crippen LogP contribution in [0, 0.1) is 6.92 Å². The van der Waals surface area contributed by atoms with Crippen molar-refractivity contribution in [3.63, 3.8) is 0 Å². The molecule has 0 aliphatic heterocycles. The zero-order chi connectivity index (χ0) is 12.3. The Morgan fingerprint density at radius 1 is 1.41 bits per heavy atom. The van der Waals surface area contributed by atoms with E-state index < -0.39 is 0 Å². The molecule has 4 nitrogen and oxygen atoms in total. The number of nitrogens with zero attached hydrogens (tertiary/aromatic N) is 3. The maximum Gasteiger partial charge on any atom is 0.116 e. The van der Waals surface area contributed by atoms with Gasteiger partial charge in [-0.05, 0) is 12.5 Å². The summed E-state index contributed by atoms with van der Waals surface area (Å²) in [7, 11) is 0. The number of aliphatic hydroxyl groups excluding tert-OH is 1. The van der Waals surface area contributed by atoms with Gasteiger partial charge in [-0.25, -0.2) is 4.68 Å². The van der Waals surface area contributed by atoms with Crippen LogP contribution in [-0.4, -0.2) is 20.1 Å². The van der Waals surface area contributed by atoms with Crippen LogP contribution in [0.25, 0.3) is 11.3 Å². The van der Waals surface area contributed by atoms with Crippen molar-refractivity contribution in [3.05, 3.63) is 48.2 Å². The molecule has 1 aromatic carbocycles. The van der Waals surface area contributed by atoms with Crippen LogP contribution in [-0.2, 0) is 13.2 Å². The predicted octanol–water partition coefficient (Wildman–Crippen LogP) is 1.93. The molecular formula is C13H15N3O. The van der Waals surface area contributed by atoms with E-state index in [0.717, 1.165) is 16.8 Å². The van der Waals surface area contributed by atoms with Gasteiger partial charge < -0.3 is 5.11 Å². The Morgan fingerprint density at radius 2 is 2.18 bits per heavy atom. The molecule has 4 heteroatoms. The van der Waals surface area contributed by atoms with Crippen LogP contribution in [0.3, 0.4) is 0 Å². The molecule has 0 bridgehead atoms. The van der Waals surface area contributed by atoms with Gasteiger partial charge in [0.05, 0.1) is 18.8 Å². The third-order valence-corrected chi connectivity index (χ3v) is 2.66. The molecule has 0 spiro atoms. The van der Waals surface area contributed by atoms with E-state index in [2.05, 4.69) is 16.9 Å². The average Bonchev–Trinajstić information content (AvgIpc) is 2.73. The van der Waals surface area contributed by atoms with Crippen LogP contribution in [0.15, 0.2) is 36.9 Å². The maximum absolute atomic E-state index is 9.31. The third kappa shape index (κ3) is 2.12. The van der Waals surface area contributed by atoms with E-state index in [1.165, 1.54) is 0 Å². The molecule has 0 fully saturated rings. The molecule has 0 saturated carbocycles. The van der Waals surface area contributed by atoms with Crippen molar-refractivity contribution in [1.29, 1.82) is 0 Å². The second-order valence-electron chi connectivity index (χ2n) is 3.83. The first-order chi connectivity index (χ1) is 8.27. The summed E-state index contributed by atoms with van der Waals surface area (Å²) in [5, 5.41) is 17.3. The van der Waals surface area contributed by atoms with Gasteiger partial charge >= 0.3 is 0 Å². The summed E-state index contributed by atoms with van der Waals surface area (Å²) >= 11 is 0. The molecule has 17 heavy (non-hydrogen) atoms. The zero-order valence-electron chi connectivity index (χ0n) is 9.80. The Balaban J connectivity index is 2.60. The van der Waals surface area contributed by atoms with Gasteiger partial charge in [0, 0.05) is 5.56 Å². The number of hydrogen-bond acceptors (Lipinski definition) is 3. The molecule has 1 N–H and O–H groups in total. The van der Waals surface area contributed by atoms with E-state index in [-0.39, 0.29) is 6.61 Å². The lowest BCUT2D eigenvalue weighted by Crippen LogP contribution is -2.02. The molecule has 0 aliphatic carbocycles. The fraction of sp³-hybridized carbons (Fsp3) is 0.231. The first-order valence-electron chi connectivity index (χ1n) is 5.48. The second-order valence-corrected chi connectivity index (χ2v) is 3.83. The number of hydrogen-bond donors (Lipinski definition) is 1. The van der Waals surface area contributed by atoms with Gasteiger partial charge in [-0.1, -0.05) is 35.6 Å². The van der Waals surface area contributed by atoms with E-state index in [0.29, 0.717) is 12.2 Å². The normalized spacial score (nSPS) is 10.5. The summed E-state index contributed by atoms with van der Waals surface area (Å²) in [5.41, 5.74) is 3.64. The van der Waals surface area contributed by atoms with Crippen molar-refractivity contribution in [2.75, 3.05) is 0 Å². The highest BCUT2D eigenvalue weighted by atomic mass is 16.3. The third-order valence-electron chi connectivity index (χ3n) is 2.66. The second kappa shape index (κ2) is 4.93. The minimum Gasteiger partial charge on any atom is -0.390 e. The molecule has 88 valence electrons. The highest BCUT2D eigenvalue weighted by Gasteiger charge is 2.14. The van der Waals surface area contributed by atoms with Gasteiger partial charge in [-0.3, -0.25) is 0 Å². The van der Waals surface area contributed by atoms with Crippen LogP contribution < -0.4 is 0 Å². The maximum atomic E-state index is 9.31. The fourth-order valence-corrected chi connectivity index (χ4v) is 1.84. The molecule has 0 aliphatic rings. The Kier molecular flexibility index (Phi) is 3.35. The van der Waals surface area contributed by atoms with Gasteiger partial charge in [-0.15, -0.1) is 11.7 Å². The Labute approximate surface area is 100 Å². The lowest BCUT2D eigenvalue weighted by Gasteiger charge is -2.08. The number of allylic oxidation sites excluding steroid dienone is 1. The summed E-state index contributed by atoms with van der Waals surface area (Å²) in [6.07, 6.45) is 1.76. The van der Waals surface area contributed by atoms with E-state index >= 15 is 0 Å². The lowest BCUT2D eigenvalue weighted by atomic mass is 10.0. The van der Waals surface area contributed by atoms with Gasteiger partial charge in [0.15, 0.2) is 0 Å². The molecule has 1 heterocycles. The van der Waals surface area contributed by atoms with Crippen LogP contribution in [0.1, 0.15) is 11.3 Å². The van der Waals surface area contributed by atoms with Gasteiger partial charge in [-0.2, -0.15) is 0 Å². The van der Waals surface area contributed by atoms with Gasteiger partial charge in [0.25, 0.3) is 0 Å². The van der Waals surface area contributed by atoms with Crippen molar-refractivity contribution in [2.24, 2.45) is 0 Å². The predicted molar refractivity (Wildman–Crippen MR) is 66.3 cm³/mol. The Morgan fingerprint density at radius 3 is 2.82 bits per heavy atom. The molecule has 0 unspecified atom stereocenters. The number of aryl methyl sites for hydroxylation is 1. The Bertz CT molecular complexity index is 531. The highest BCUT2D eigenvalue weighted by molar-refractivity contribution is 5.65. The summed E-state index contributed by atoms with van der Waals surface area (Å²) in [6.45, 7) is 6.20. The van der Waals surface area contributed by atoms with Crippen molar-refractivity contribution < 1.29 is 5.11 Å². The van der Waals surface area contributed by atoms with Crippen molar-refractivity contribution >= 4 is 0 Å². The summed E-state index contributed by atoms with van der Waals surface area (Å²) < 4.78 is 1.75. The van der Waals surface area contributed by atoms with Crippen molar-refractivity contribution in [3.8, 4) is 11.3 Å². The highest BCUT2D eigenvalue weighted by Crippen LogP contribution is 2.25. The van der Waals surface area contributed by atoms with E-state index in [1.807, 2.05) is 31.2 Å². The largest absolute Gasteiger partial charge is 0.390 e. The van der Waals surface area contributed by atoms with Crippen LogP contribution in [0.2, 0.25) is 0 Å². The summed E-state index contributed by atoms with van der Waals surface area (Å²) in [4.78, 5) is 0. The van der Waals surface area contributed by atoms with Crippen molar-refractivity contribution in [1.82, 2.24) is 15.0 Å². The summed E-state index contributed by atoms with van der Waals surface area (Å²) in [6, 6.07) is 7.99. The van der Waals surface area contributed by atoms with E-state index in [4.69, 9.17) is 0 Å². The molecule has 2 aromatic rings. The average molecular weight is 229 g/mol. The summed E-state index contributed by atoms with van der Waals surface area (Å²) in [5.74, 6) is 0. The monoisotopic (exact) mass is 229 g/mol. The molecule has 1 aromatic heterocycles. The fourth-order valence-electron chi connectivity index (χ4n) is 1.84. The number of aliphatic hydroxyl groups is 1. The first kappa shape index (κ1) is 11.5. The quantitative estimate of drug-likeness (QED) is 0.815. The molecular weight excluding hydrogens is 214 g/mol. The van der Waals surface area contributed by atoms with E-state index in [1.54, 1.807) is 10.8 Å². The molecule has 0 amide bonds. The zero-order valence-corrected chi connectivity index (χ0v) is 9.80. The van der Waals surface area contributed by atoms with E-state index in [9.17, 15) is 5.11 Å². The number of rotatable bonds is 4. The smallest absolute Gasteiger partial charge is 0.116 e. The minimum atomic E-state index is -0.110. The number of aromatic nitrogens is 3. The lowest BCUT2D eigenvalue weighted by molar-refractivity contribution is 0.277.